The van der Waals surface area contributed by atoms with Gasteiger partial charge in [0, 0.05) is 24.3 Å². The minimum atomic E-state index is 0.0512. The Morgan fingerprint density at radius 1 is 1.26 bits per heavy atom. The molecule has 1 aliphatic rings. The van der Waals surface area contributed by atoms with Crippen molar-refractivity contribution in [1.82, 2.24) is 5.32 Å². The Morgan fingerprint density at radius 3 is 2.74 bits per heavy atom. The average molecular weight is 384 g/mol. The Hall–Kier alpha value is -2.60. The second kappa shape index (κ2) is 8.86. The molecule has 0 unspecified atom stereocenters. The minimum Gasteiger partial charge on any atom is -0.491 e. The van der Waals surface area contributed by atoms with Crippen molar-refractivity contribution in [2.75, 3.05) is 23.4 Å². The van der Waals surface area contributed by atoms with E-state index >= 15 is 0 Å². The predicted molar refractivity (Wildman–Crippen MR) is 114 cm³/mol. The van der Waals surface area contributed by atoms with Gasteiger partial charge >= 0.3 is 0 Å². The van der Waals surface area contributed by atoms with Crippen LogP contribution in [0.25, 0.3) is 0 Å². The van der Waals surface area contributed by atoms with Crippen LogP contribution in [-0.2, 0) is 4.79 Å². The van der Waals surface area contributed by atoms with E-state index in [1.54, 1.807) is 0 Å². The first kappa shape index (κ1) is 19.2. The number of nitrogens with zero attached hydrogens (tertiary/aromatic N) is 1. The number of carbonyl (C=O) groups excluding carboxylic acids is 1. The third-order valence-electron chi connectivity index (χ3n) is 4.45. The molecule has 5 nitrogen and oxygen atoms in total. The largest absolute Gasteiger partial charge is 0.491 e. The molecule has 0 saturated carbocycles. The number of para-hydroxylation sites is 1. The highest BCUT2D eigenvalue weighted by Gasteiger charge is 2.23. The fourth-order valence-electron chi connectivity index (χ4n) is 3.05. The smallest absolute Gasteiger partial charge is 0.227 e. The molecule has 27 heavy (non-hydrogen) atoms. The molecule has 0 bridgehead atoms. The van der Waals surface area contributed by atoms with Crippen molar-refractivity contribution in [3.05, 3.63) is 54.1 Å². The fourth-order valence-corrected chi connectivity index (χ4v) is 3.37. The van der Waals surface area contributed by atoms with Crippen LogP contribution in [0.5, 0.6) is 5.75 Å². The lowest BCUT2D eigenvalue weighted by Gasteiger charge is -2.21. The maximum absolute atomic E-state index is 12.0. The van der Waals surface area contributed by atoms with Crippen LogP contribution in [0.2, 0.25) is 0 Å². The van der Waals surface area contributed by atoms with Gasteiger partial charge in [0.05, 0.1) is 6.04 Å². The third-order valence-corrected chi connectivity index (χ3v) is 4.67. The van der Waals surface area contributed by atoms with Gasteiger partial charge in [-0.2, -0.15) is 0 Å². The second-order valence-corrected chi connectivity index (χ2v) is 7.18. The van der Waals surface area contributed by atoms with E-state index in [-0.39, 0.29) is 11.9 Å². The summed E-state index contributed by atoms with van der Waals surface area (Å²) in [4.78, 5) is 13.9. The molecule has 1 amide bonds. The van der Waals surface area contributed by atoms with Gasteiger partial charge in [-0.1, -0.05) is 24.3 Å². The number of hydrogen-bond acceptors (Lipinski definition) is 3. The normalized spacial score (nSPS) is 14.7. The maximum atomic E-state index is 12.0. The average Bonchev–Trinajstić information content (AvgIpc) is 3.08. The standard InChI is InChI=1S/C21H25N3O2S/c1-15-10-11-17(13-19(15)24-12-6-9-20(24)25)23-21(27)22-16(2)14-26-18-7-4-3-5-8-18/h3-5,7-8,10-11,13,16H,6,9,12,14H2,1-2H3,(H2,22,23,27)/t16-/m1/s1. The number of carbonyl (C=O) groups is 1. The summed E-state index contributed by atoms with van der Waals surface area (Å²) >= 11 is 5.42. The fraction of sp³-hybridized carbons (Fsp3) is 0.333. The molecule has 1 fully saturated rings. The molecular weight excluding hydrogens is 358 g/mol. The summed E-state index contributed by atoms with van der Waals surface area (Å²) in [5.74, 6) is 1.02. The molecule has 142 valence electrons. The van der Waals surface area contributed by atoms with Crippen molar-refractivity contribution >= 4 is 34.6 Å². The van der Waals surface area contributed by atoms with Crippen molar-refractivity contribution in [3.63, 3.8) is 0 Å². The van der Waals surface area contributed by atoms with Gasteiger partial charge in [0.2, 0.25) is 5.91 Å². The SMILES string of the molecule is Cc1ccc(NC(=S)N[C@H](C)COc2ccccc2)cc1N1CCCC1=O. The van der Waals surface area contributed by atoms with Gasteiger partial charge in [-0.25, -0.2) is 0 Å². The Morgan fingerprint density at radius 2 is 2.04 bits per heavy atom. The van der Waals surface area contributed by atoms with Crippen LogP contribution in [0.4, 0.5) is 11.4 Å². The van der Waals surface area contributed by atoms with Gasteiger partial charge in [-0.3, -0.25) is 4.79 Å². The van der Waals surface area contributed by atoms with Crippen molar-refractivity contribution in [3.8, 4) is 5.75 Å². The number of amides is 1. The highest BCUT2D eigenvalue weighted by atomic mass is 32.1. The Kier molecular flexibility index (Phi) is 6.29. The van der Waals surface area contributed by atoms with Crippen LogP contribution in [0.3, 0.4) is 0 Å². The summed E-state index contributed by atoms with van der Waals surface area (Å²) in [5.41, 5.74) is 2.90. The number of hydrogen-bond donors (Lipinski definition) is 2. The van der Waals surface area contributed by atoms with Crippen LogP contribution >= 0.6 is 12.2 Å². The van der Waals surface area contributed by atoms with E-state index in [9.17, 15) is 4.79 Å². The summed E-state index contributed by atoms with van der Waals surface area (Å²) in [7, 11) is 0. The summed E-state index contributed by atoms with van der Waals surface area (Å²) in [6, 6.07) is 15.7. The molecule has 3 rings (SSSR count). The van der Waals surface area contributed by atoms with E-state index in [0.717, 1.165) is 35.7 Å². The quantitative estimate of drug-likeness (QED) is 0.742. The zero-order chi connectivity index (χ0) is 19.2. The monoisotopic (exact) mass is 383 g/mol. The lowest BCUT2D eigenvalue weighted by Crippen LogP contribution is -2.39. The van der Waals surface area contributed by atoms with E-state index in [2.05, 4.69) is 10.6 Å². The van der Waals surface area contributed by atoms with E-state index in [0.29, 0.717) is 18.1 Å². The molecule has 2 aromatic carbocycles. The van der Waals surface area contributed by atoms with E-state index in [1.807, 2.05) is 67.3 Å². The molecule has 0 aliphatic carbocycles. The highest BCUT2D eigenvalue weighted by Crippen LogP contribution is 2.28. The molecule has 1 atom stereocenters. The number of benzene rings is 2. The lowest BCUT2D eigenvalue weighted by atomic mass is 10.1. The molecule has 2 aromatic rings. The molecule has 6 heteroatoms. The van der Waals surface area contributed by atoms with Gasteiger partial charge in [-0.05, 0) is 62.3 Å². The molecule has 2 N–H and O–H groups in total. The third kappa shape index (κ3) is 5.20. The number of thiocarbonyl (C=S) groups is 1. The van der Waals surface area contributed by atoms with E-state index < -0.39 is 0 Å². The summed E-state index contributed by atoms with van der Waals surface area (Å²) < 4.78 is 5.74. The van der Waals surface area contributed by atoms with Gasteiger partial charge in [0.25, 0.3) is 0 Å². The summed E-state index contributed by atoms with van der Waals surface area (Å²) in [6.45, 7) is 5.32. The second-order valence-electron chi connectivity index (χ2n) is 6.77. The maximum Gasteiger partial charge on any atom is 0.227 e. The minimum absolute atomic E-state index is 0.0512. The first-order valence-electron chi connectivity index (χ1n) is 9.19. The molecular formula is C21H25N3O2S. The van der Waals surface area contributed by atoms with Crippen molar-refractivity contribution in [2.45, 2.75) is 32.7 Å². The Balaban J connectivity index is 1.55. The number of anilines is 2. The van der Waals surface area contributed by atoms with Crippen LogP contribution in [0, 0.1) is 6.92 Å². The summed E-state index contributed by atoms with van der Waals surface area (Å²) in [5, 5.41) is 6.96. The molecule has 1 saturated heterocycles. The first-order chi connectivity index (χ1) is 13.0. The predicted octanol–water partition coefficient (Wildman–Crippen LogP) is 3.88. The number of ether oxygens (including phenoxy) is 1. The van der Waals surface area contributed by atoms with Gasteiger partial charge in [-0.15, -0.1) is 0 Å². The van der Waals surface area contributed by atoms with Crippen LogP contribution < -0.4 is 20.3 Å². The lowest BCUT2D eigenvalue weighted by molar-refractivity contribution is -0.117. The molecule has 0 radical (unpaired) electrons. The van der Waals surface area contributed by atoms with Crippen molar-refractivity contribution in [2.24, 2.45) is 0 Å². The summed E-state index contributed by atoms with van der Waals surface area (Å²) in [6.07, 6.45) is 1.53. The van der Waals surface area contributed by atoms with E-state index in [1.165, 1.54) is 0 Å². The van der Waals surface area contributed by atoms with Gasteiger partial charge in [0.15, 0.2) is 5.11 Å². The number of rotatable bonds is 6. The number of nitrogens with one attached hydrogen (secondary N) is 2. The Labute approximate surface area is 165 Å². The van der Waals surface area contributed by atoms with Crippen LogP contribution in [0.15, 0.2) is 48.5 Å². The van der Waals surface area contributed by atoms with E-state index in [4.69, 9.17) is 17.0 Å². The van der Waals surface area contributed by atoms with Crippen LogP contribution in [0.1, 0.15) is 25.3 Å². The molecule has 0 spiro atoms. The van der Waals surface area contributed by atoms with Crippen molar-refractivity contribution in [1.29, 1.82) is 0 Å². The topological polar surface area (TPSA) is 53.6 Å². The van der Waals surface area contributed by atoms with Crippen LogP contribution in [-0.4, -0.2) is 30.2 Å². The zero-order valence-corrected chi connectivity index (χ0v) is 16.5. The molecule has 0 aromatic heterocycles. The van der Waals surface area contributed by atoms with Gasteiger partial charge < -0.3 is 20.3 Å². The Bertz CT molecular complexity index is 810. The number of aryl methyl sites for hydroxylation is 1. The molecule has 1 heterocycles. The first-order valence-corrected chi connectivity index (χ1v) is 9.60. The highest BCUT2D eigenvalue weighted by molar-refractivity contribution is 7.80. The van der Waals surface area contributed by atoms with Gasteiger partial charge in [0.1, 0.15) is 12.4 Å². The zero-order valence-electron chi connectivity index (χ0n) is 15.7. The van der Waals surface area contributed by atoms with Crippen molar-refractivity contribution < 1.29 is 9.53 Å². The molecule has 1 aliphatic heterocycles.